The second kappa shape index (κ2) is 5.56. The van der Waals surface area contributed by atoms with Gasteiger partial charge in [-0.3, -0.25) is 4.79 Å². The summed E-state index contributed by atoms with van der Waals surface area (Å²) in [7, 11) is 0. The van der Waals surface area contributed by atoms with Crippen molar-refractivity contribution in [1.29, 1.82) is 0 Å². The molecule has 1 atom stereocenters. The molecule has 1 nitrogen and oxygen atoms in total. The van der Waals surface area contributed by atoms with Crippen LogP contribution >= 0.6 is 27.7 Å². The fourth-order valence-corrected chi connectivity index (χ4v) is 2.23. The minimum Gasteiger partial charge on any atom is -0.293 e. The van der Waals surface area contributed by atoms with Crippen LogP contribution in [0.5, 0.6) is 0 Å². The van der Waals surface area contributed by atoms with Gasteiger partial charge in [-0.25, -0.2) is 0 Å². The van der Waals surface area contributed by atoms with Crippen molar-refractivity contribution in [3.8, 4) is 0 Å². The van der Waals surface area contributed by atoms with Gasteiger partial charge in [0.2, 0.25) is 0 Å². The summed E-state index contributed by atoms with van der Waals surface area (Å²) in [5.41, 5.74) is 0.793. The number of thioether (sulfide) groups is 1. The van der Waals surface area contributed by atoms with Gasteiger partial charge in [-0.1, -0.05) is 35.0 Å². The number of Topliss-reactive ketones (excluding diaryl/α,β-unsaturated/α-hetero) is 1. The van der Waals surface area contributed by atoms with Gasteiger partial charge in [-0.2, -0.15) is 11.8 Å². The summed E-state index contributed by atoms with van der Waals surface area (Å²) < 4.78 is 1.00. The molecule has 14 heavy (non-hydrogen) atoms. The average molecular weight is 273 g/mol. The Morgan fingerprint density at radius 1 is 1.43 bits per heavy atom. The molecule has 0 aromatic heterocycles. The fourth-order valence-electron chi connectivity index (χ4n) is 1.17. The lowest BCUT2D eigenvalue weighted by Crippen LogP contribution is -2.13. The second-order valence-corrected chi connectivity index (χ2v) is 5.50. The SMILES string of the molecule is CCSC(C)C(=O)c1ccc(Br)cc1. The van der Waals surface area contributed by atoms with Crippen LogP contribution in [0.1, 0.15) is 24.2 Å². The zero-order valence-corrected chi connectivity index (χ0v) is 10.7. The number of rotatable bonds is 4. The summed E-state index contributed by atoms with van der Waals surface area (Å²) >= 11 is 5.02. The number of benzene rings is 1. The normalized spacial score (nSPS) is 12.5. The number of ketones is 1. The predicted octanol–water partition coefficient (Wildman–Crippen LogP) is 3.77. The number of carbonyl (C=O) groups excluding carboxylic acids is 1. The standard InChI is InChI=1S/C11H13BrOS/c1-3-14-8(2)11(13)9-4-6-10(12)7-5-9/h4-8H,3H2,1-2H3. The predicted molar refractivity (Wildman–Crippen MR) is 66.1 cm³/mol. The lowest BCUT2D eigenvalue weighted by Gasteiger charge is -2.08. The van der Waals surface area contributed by atoms with E-state index >= 15 is 0 Å². The zero-order valence-electron chi connectivity index (χ0n) is 8.29. The van der Waals surface area contributed by atoms with Crippen molar-refractivity contribution in [3.63, 3.8) is 0 Å². The molecule has 1 aromatic carbocycles. The highest BCUT2D eigenvalue weighted by atomic mass is 79.9. The third-order valence-corrected chi connectivity index (χ3v) is 3.49. The van der Waals surface area contributed by atoms with Crippen molar-refractivity contribution < 1.29 is 4.79 Å². The van der Waals surface area contributed by atoms with Crippen molar-refractivity contribution in [3.05, 3.63) is 34.3 Å². The molecule has 1 unspecified atom stereocenters. The molecule has 1 rings (SSSR count). The summed E-state index contributed by atoms with van der Waals surface area (Å²) in [6.45, 7) is 4.02. The molecule has 1 aromatic rings. The monoisotopic (exact) mass is 272 g/mol. The Kier molecular flexibility index (Phi) is 4.69. The van der Waals surface area contributed by atoms with Crippen molar-refractivity contribution in [2.75, 3.05) is 5.75 Å². The highest BCUT2D eigenvalue weighted by molar-refractivity contribution is 9.10. The molecule has 0 bridgehead atoms. The fraction of sp³-hybridized carbons (Fsp3) is 0.364. The Morgan fingerprint density at radius 3 is 2.50 bits per heavy atom. The third kappa shape index (κ3) is 3.14. The first-order valence-corrected chi connectivity index (χ1v) is 6.40. The maximum absolute atomic E-state index is 11.8. The molecule has 0 radical (unpaired) electrons. The molecule has 76 valence electrons. The smallest absolute Gasteiger partial charge is 0.175 e. The Balaban J connectivity index is 2.74. The maximum atomic E-state index is 11.8. The van der Waals surface area contributed by atoms with E-state index in [0.29, 0.717) is 0 Å². The molecule has 0 fully saturated rings. The Morgan fingerprint density at radius 2 is 2.00 bits per heavy atom. The Hall–Kier alpha value is -0.280. The van der Waals surface area contributed by atoms with E-state index in [-0.39, 0.29) is 11.0 Å². The van der Waals surface area contributed by atoms with Gasteiger partial charge in [0.05, 0.1) is 5.25 Å². The van der Waals surface area contributed by atoms with Gasteiger partial charge < -0.3 is 0 Å². The van der Waals surface area contributed by atoms with Crippen LogP contribution in [0, 0.1) is 0 Å². The largest absolute Gasteiger partial charge is 0.293 e. The number of hydrogen-bond acceptors (Lipinski definition) is 2. The Labute approximate surface area is 97.4 Å². The summed E-state index contributed by atoms with van der Waals surface area (Å²) in [5, 5.41) is 0.0566. The van der Waals surface area contributed by atoms with E-state index in [9.17, 15) is 4.79 Å². The van der Waals surface area contributed by atoms with Gasteiger partial charge in [0.25, 0.3) is 0 Å². The molecule has 3 heteroatoms. The molecule has 0 aliphatic heterocycles. The number of carbonyl (C=O) groups is 1. The quantitative estimate of drug-likeness (QED) is 0.777. The van der Waals surface area contributed by atoms with Crippen LogP contribution < -0.4 is 0 Å². The molecule has 0 amide bonds. The topological polar surface area (TPSA) is 17.1 Å². The Bertz CT molecular complexity index is 308. The van der Waals surface area contributed by atoms with Crippen molar-refractivity contribution in [1.82, 2.24) is 0 Å². The van der Waals surface area contributed by atoms with Crippen molar-refractivity contribution in [2.45, 2.75) is 19.1 Å². The first kappa shape index (κ1) is 11.8. The molecule has 0 heterocycles. The third-order valence-electron chi connectivity index (χ3n) is 1.91. The summed E-state index contributed by atoms with van der Waals surface area (Å²) in [6, 6.07) is 7.52. The van der Waals surface area contributed by atoms with Gasteiger partial charge >= 0.3 is 0 Å². The summed E-state index contributed by atoms with van der Waals surface area (Å²) in [4.78, 5) is 11.8. The number of hydrogen-bond donors (Lipinski definition) is 0. The molecule has 0 saturated heterocycles. The lowest BCUT2D eigenvalue weighted by molar-refractivity contribution is 0.0994. The van der Waals surface area contributed by atoms with Gasteiger partial charge in [0.1, 0.15) is 0 Å². The maximum Gasteiger partial charge on any atom is 0.175 e. The first-order chi connectivity index (χ1) is 6.65. The van der Waals surface area contributed by atoms with E-state index in [0.717, 1.165) is 15.8 Å². The molecular formula is C11H13BrOS. The zero-order chi connectivity index (χ0) is 10.6. The van der Waals surface area contributed by atoms with Crippen molar-refractivity contribution in [2.24, 2.45) is 0 Å². The van der Waals surface area contributed by atoms with E-state index in [1.807, 2.05) is 31.2 Å². The molecule has 0 saturated carbocycles. The highest BCUT2D eigenvalue weighted by Crippen LogP contribution is 2.17. The molecule has 0 aliphatic carbocycles. The van der Waals surface area contributed by atoms with E-state index in [2.05, 4.69) is 22.9 Å². The van der Waals surface area contributed by atoms with Gasteiger partial charge in [-0.15, -0.1) is 0 Å². The van der Waals surface area contributed by atoms with E-state index < -0.39 is 0 Å². The molecule has 0 N–H and O–H groups in total. The van der Waals surface area contributed by atoms with Crippen LogP contribution in [0.25, 0.3) is 0 Å². The van der Waals surface area contributed by atoms with E-state index in [1.54, 1.807) is 11.8 Å². The number of halogens is 1. The van der Waals surface area contributed by atoms with E-state index in [4.69, 9.17) is 0 Å². The highest BCUT2D eigenvalue weighted by Gasteiger charge is 2.14. The average Bonchev–Trinajstić information content (AvgIpc) is 2.18. The lowest BCUT2D eigenvalue weighted by atomic mass is 10.1. The first-order valence-electron chi connectivity index (χ1n) is 4.56. The van der Waals surface area contributed by atoms with Crippen LogP contribution in [-0.4, -0.2) is 16.8 Å². The second-order valence-electron chi connectivity index (χ2n) is 2.97. The minimum absolute atomic E-state index is 0.0566. The van der Waals surface area contributed by atoms with Crippen LogP contribution in [0.4, 0.5) is 0 Å². The van der Waals surface area contributed by atoms with Crippen LogP contribution in [-0.2, 0) is 0 Å². The summed E-state index contributed by atoms with van der Waals surface area (Å²) in [5.74, 6) is 1.19. The van der Waals surface area contributed by atoms with Crippen molar-refractivity contribution >= 4 is 33.5 Å². The van der Waals surface area contributed by atoms with Crippen LogP contribution in [0.2, 0.25) is 0 Å². The van der Waals surface area contributed by atoms with Crippen LogP contribution in [0.3, 0.4) is 0 Å². The van der Waals surface area contributed by atoms with Gasteiger partial charge in [-0.05, 0) is 24.8 Å². The van der Waals surface area contributed by atoms with Crippen LogP contribution in [0.15, 0.2) is 28.7 Å². The molecule has 0 spiro atoms. The van der Waals surface area contributed by atoms with E-state index in [1.165, 1.54) is 0 Å². The van der Waals surface area contributed by atoms with Gasteiger partial charge in [0.15, 0.2) is 5.78 Å². The van der Waals surface area contributed by atoms with Gasteiger partial charge in [0, 0.05) is 10.0 Å². The molecular weight excluding hydrogens is 260 g/mol. The summed E-state index contributed by atoms with van der Waals surface area (Å²) in [6.07, 6.45) is 0. The molecule has 0 aliphatic rings. The minimum atomic E-state index is 0.0566.